The molecule has 3 N–H and O–H groups in total. The molecule has 1 unspecified atom stereocenters. The van der Waals surface area contributed by atoms with Gasteiger partial charge in [-0.2, -0.15) is 0 Å². The molecule has 1 aromatic carbocycles. The predicted octanol–water partition coefficient (Wildman–Crippen LogP) is 2.15. The number of nitrogens with two attached hydrogens (primary N) is 1. The van der Waals surface area contributed by atoms with Crippen LogP contribution in [0.3, 0.4) is 0 Å². The Morgan fingerprint density at radius 1 is 1.53 bits per heavy atom. The van der Waals surface area contributed by atoms with Crippen molar-refractivity contribution in [2.45, 2.75) is 19.4 Å². The highest BCUT2D eigenvalue weighted by molar-refractivity contribution is 5.55. The first-order valence-corrected chi connectivity index (χ1v) is 4.92. The van der Waals surface area contributed by atoms with Gasteiger partial charge in [-0.1, -0.05) is 18.2 Å². The Labute approximate surface area is 90.2 Å². The molecular weight excluding hydrogens is 190 g/mol. The summed E-state index contributed by atoms with van der Waals surface area (Å²) >= 11 is 0. The van der Waals surface area contributed by atoms with Crippen LogP contribution in [0.2, 0.25) is 0 Å². The molecule has 0 saturated heterocycles. The number of phenols is 1. The molecule has 0 aliphatic rings. The molecule has 1 rings (SSSR count). The van der Waals surface area contributed by atoms with Gasteiger partial charge in [0, 0.05) is 6.04 Å². The van der Waals surface area contributed by atoms with Gasteiger partial charge in [0.05, 0.1) is 7.11 Å². The van der Waals surface area contributed by atoms with Crippen LogP contribution in [0.15, 0.2) is 24.3 Å². The van der Waals surface area contributed by atoms with Gasteiger partial charge in [-0.05, 0) is 31.0 Å². The van der Waals surface area contributed by atoms with E-state index in [0.29, 0.717) is 5.75 Å². The van der Waals surface area contributed by atoms with Gasteiger partial charge in [0.15, 0.2) is 11.5 Å². The van der Waals surface area contributed by atoms with E-state index in [1.165, 1.54) is 7.11 Å². The average molecular weight is 207 g/mol. The molecule has 0 spiro atoms. The van der Waals surface area contributed by atoms with Crippen molar-refractivity contribution in [3.05, 3.63) is 29.8 Å². The summed E-state index contributed by atoms with van der Waals surface area (Å²) in [5.74, 6) is 0.639. The fourth-order valence-corrected chi connectivity index (χ4v) is 1.22. The molecule has 0 amide bonds. The third-order valence-corrected chi connectivity index (χ3v) is 2.02. The summed E-state index contributed by atoms with van der Waals surface area (Å²) in [5.41, 5.74) is 6.61. The van der Waals surface area contributed by atoms with E-state index in [1.54, 1.807) is 12.1 Å². The summed E-state index contributed by atoms with van der Waals surface area (Å²) in [6, 6.07) is 5.40. The van der Waals surface area contributed by atoms with Crippen molar-refractivity contribution in [1.82, 2.24) is 0 Å². The summed E-state index contributed by atoms with van der Waals surface area (Å²) in [4.78, 5) is 0. The number of ether oxygens (including phenoxy) is 1. The topological polar surface area (TPSA) is 55.5 Å². The first kappa shape index (κ1) is 11.6. The molecule has 0 heterocycles. The Bertz CT molecular complexity index is 345. The Hall–Kier alpha value is -1.48. The second kappa shape index (κ2) is 5.41. The van der Waals surface area contributed by atoms with Crippen LogP contribution in [0, 0.1) is 0 Å². The summed E-state index contributed by atoms with van der Waals surface area (Å²) in [7, 11) is 1.53. The Balaban J connectivity index is 2.74. The molecule has 0 aliphatic carbocycles. The zero-order valence-electron chi connectivity index (χ0n) is 9.10. The maximum absolute atomic E-state index is 9.38. The van der Waals surface area contributed by atoms with E-state index in [1.807, 2.05) is 25.1 Å². The molecule has 3 nitrogen and oxygen atoms in total. The van der Waals surface area contributed by atoms with Gasteiger partial charge in [-0.15, -0.1) is 0 Å². The highest BCUT2D eigenvalue weighted by Gasteiger charge is 2.00. The van der Waals surface area contributed by atoms with Crippen LogP contribution < -0.4 is 10.5 Å². The molecule has 0 fully saturated rings. The quantitative estimate of drug-likeness (QED) is 0.795. The monoisotopic (exact) mass is 207 g/mol. The summed E-state index contributed by atoms with van der Waals surface area (Å²) in [6.07, 6.45) is 4.81. The highest BCUT2D eigenvalue weighted by Crippen LogP contribution is 2.26. The third-order valence-electron chi connectivity index (χ3n) is 2.02. The van der Waals surface area contributed by atoms with Crippen molar-refractivity contribution in [2.75, 3.05) is 7.11 Å². The van der Waals surface area contributed by atoms with Crippen molar-refractivity contribution in [2.24, 2.45) is 5.73 Å². The molecule has 0 saturated carbocycles. The predicted molar refractivity (Wildman–Crippen MR) is 62.0 cm³/mol. The third kappa shape index (κ3) is 3.64. The Morgan fingerprint density at radius 3 is 2.87 bits per heavy atom. The van der Waals surface area contributed by atoms with Crippen LogP contribution >= 0.6 is 0 Å². The lowest BCUT2D eigenvalue weighted by Gasteiger charge is -2.04. The van der Waals surface area contributed by atoms with Crippen molar-refractivity contribution in [3.8, 4) is 11.5 Å². The lowest BCUT2D eigenvalue weighted by atomic mass is 10.1. The SMILES string of the molecule is COc1cc(/C=C/CC(C)N)ccc1O. The zero-order chi connectivity index (χ0) is 11.3. The standard InChI is InChI=1S/C12H17NO2/c1-9(13)4-3-5-10-6-7-11(14)12(8-10)15-2/h3,5-9,14H,4,13H2,1-2H3/b5-3+. The largest absolute Gasteiger partial charge is 0.504 e. The van der Waals surface area contributed by atoms with Crippen LogP contribution in [0.4, 0.5) is 0 Å². The van der Waals surface area contributed by atoms with Crippen LogP contribution in [0.1, 0.15) is 18.9 Å². The van der Waals surface area contributed by atoms with Gasteiger partial charge >= 0.3 is 0 Å². The average Bonchev–Trinajstić information content (AvgIpc) is 2.20. The first-order valence-electron chi connectivity index (χ1n) is 4.92. The number of methoxy groups -OCH3 is 1. The van der Waals surface area contributed by atoms with E-state index in [4.69, 9.17) is 10.5 Å². The smallest absolute Gasteiger partial charge is 0.161 e. The summed E-state index contributed by atoms with van der Waals surface area (Å²) < 4.78 is 5.00. The molecule has 0 aliphatic heterocycles. The molecule has 1 atom stereocenters. The zero-order valence-corrected chi connectivity index (χ0v) is 9.10. The van der Waals surface area contributed by atoms with E-state index in [9.17, 15) is 5.11 Å². The van der Waals surface area contributed by atoms with Gasteiger partial charge in [0.2, 0.25) is 0 Å². The molecule has 0 bridgehead atoms. The van der Waals surface area contributed by atoms with E-state index in [0.717, 1.165) is 12.0 Å². The summed E-state index contributed by atoms with van der Waals surface area (Å²) in [5, 5.41) is 9.38. The van der Waals surface area contributed by atoms with E-state index < -0.39 is 0 Å². The van der Waals surface area contributed by atoms with Gasteiger partial charge in [-0.3, -0.25) is 0 Å². The number of aromatic hydroxyl groups is 1. The summed E-state index contributed by atoms with van der Waals surface area (Å²) in [6.45, 7) is 1.96. The molecule has 82 valence electrons. The fraction of sp³-hybridized carbons (Fsp3) is 0.333. The van der Waals surface area contributed by atoms with Crippen molar-refractivity contribution in [1.29, 1.82) is 0 Å². The molecule has 0 aromatic heterocycles. The molecule has 1 aromatic rings. The van der Waals surface area contributed by atoms with Crippen LogP contribution in [-0.4, -0.2) is 18.3 Å². The first-order chi connectivity index (χ1) is 7.13. The molecule has 15 heavy (non-hydrogen) atoms. The minimum Gasteiger partial charge on any atom is -0.504 e. The lowest BCUT2D eigenvalue weighted by molar-refractivity contribution is 0.373. The maximum Gasteiger partial charge on any atom is 0.161 e. The second-order valence-corrected chi connectivity index (χ2v) is 3.55. The van der Waals surface area contributed by atoms with Crippen molar-refractivity contribution < 1.29 is 9.84 Å². The van der Waals surface area contributed by atoms with Gasteiger partial charge in [-0.25, -0.2) is 0 Å². The number of phenolic OH excluding ortho intramolecular Hbond substituents is 1. The Morgan fingerprint density at radius 2 is 2.27 bits per heavy atom. The fourth-order valence-electron chi connectivity index (χ4n) is 1.22. The number of hydrogen-bond donors (Lipinski definition) is 2. The Kier molecular flexibility index (Phi) is 4.18. The maximum atomic E-state index is 9.38. The van der Waals surface area contributed by atoms with Crippen molar-refractivity contribution in [3.63, 3.8) is 0 Å². The molecular formula is C12H17NO2. The van der Waals surface area contributed by atoms with Crippen molar-refractivity contribution >= 4 is 6.08 Å². The number of hydrogen-bond acceptors (Lipinski definition) is 3. The van der Waals surface area contributed by atoms with Crippen LogP contribution in [0.25, 0.3) is 6.08 Å². The van der Waals surface area contributed by atoms with Crippen LogP contribution in [0.5, 0.6) is 11.5 Å². The van der Waals surface area contributed by atoms with Gasteiger partial charge in [0.25, 0.3) is 0 Å². The van der Waals surface area contributed by atoms with Gasteiger partial charge < -0.3 is 15.6 Å². The van der Waals surface area contributed by atoms with Crippen LogP contribution in [-0.2, 0) is 0 Å². The second-order valence-electron chi connectivity index (χ2n) is 3.55. The van der Waals surface area contributed by atoms with E-state index in [2.05, 4.69) is 0 Å². The van der Waals surface area contributed by atoms with E-state index in [-0.39, 0.29) is 11.8 Å². The number of benzene rings is 1. The molecule has 3 heteroatoms. The minimum absolute atomic E-state index is 0.154. The highest BCUT2D eigenvalue weighted by atomic mass is 16.5. The molecule has 0 radical (unpaired) electrons. The van der Waals surface area contributed by atoms with E-state index >= 15 is 0 Å². The lowest BCUT2D eigenvalue weighted by Crippen LogP contribution is -2.12. The number of rotatable bonds is 4. The van der Waals surface area contributed by atoms with Gasteiger partial charge in [0.1, 0.15) is 0 Å². The minimum atomic E-state index is 0.154. The normalized spacial score (nSPS) is 13.0.